The summed E-state index contributed by atoms with van der Waals surface area (Å²) < 4.78 is 13.0. The number of para-hydroxylation sites is 1. The van der Waals surface area contributed by atoms with Crippen molar-refractivity contribution in [3.63, 3.8) is 0 Å². The third kappa shape index (κ3) is 4.75. The molecule has 0 saturated carbocycles. The topological polar surface area (TPSA) is 65.0 Å². The van der Waals surface area contributed by atoms with E-state index in [1.54, 1.807) is 0 Å². The van der Waals surface area contributed by atoms with Gasteiger partial charge in [-0.15, -0.1) is 0 Å². The molecular formula is C45H27N3O2. The summed E-state index contributed by atoms with van der Waals surface area (Å²) in [4.78, 5) is 14.7. The van der Waals surface area contributed by atoms with E-state index in [2.05, 4.69) is 78.9 Å². The third-order valence-corrected chi connectivity index (χ3v) is 9.33. The lowest BCUT2D eigenvalue weighted by atomic mass is 9.95. The number of rotatable bonds is 5. The van der Waals surface area contributed by atoms with Gasteiger partial charge in [-0.25, -0.2) is 15.0 Å². The number of fused-ring (bicyclic) bond motifs is 6. The predicted octanol–water partition coefficient (Wildman–Crippen LogP) is 12.0. The molecule has 0 aliphatic rings. The fourth-order valence-corrected chi connectivity index (χ4v) is 6.86. The molecule has 0 aliphatic carbocycles. The monoisotopic (exact) mass is 641 g/mol. The molecule has 0 fully saturated rings. The van der Waals surface area contributed by atoms with E-state index in [1.165, 1.54) is 0 Å². The van der Waals surface area contributed by atoms with Crippen molar-refractivity contribution in [2.75, 3.05) is 0 Å². The lowest BCUT2D eigenvalue weighted by Gasteiger charge is -2.08. The first kappa shape index (κ1) is 28.2. The highest BCUT2D eigenvalue weighted by Gasteiger charge is 2.18. The lowest BCUT2D eigenvalue weighted by Crippen LogP contribution is -2.00. The zero-order valence-corrected chi connectivity index (χ0v) is 26.7. The Morgan fingerprint density at radius 3 is 1.44 bits per heavy atom. The van der Waals surface area contributed by atoms with Crippen molar-refractivity contribution in [2.45, 2.75) is 0 Å². The van der Waals surface area contributed by atoms with E-state index < -0.39 is 0 Å². The standard InChI is InChI=1S/C45H27N3O2/c1-4-12-28(13-5-1)37-24-33(25-38-34-18-10-11-19-39(34)50-42(37)38)31-20-22-35-36-23-21-32(27-41(36)49-40(35)26-31)45-47-43(29-14-6-2-7-15-29)46-44(48-45)30-16-8-3-9-17-30/h1-27H. The van der Waals surface area contributed by atoms with Gasteiger partial charge in [0.05, 0.1) is 0 Å². The Morgan fingerprint density at radius 2 is 0.800 bits per heavy atom. The summed E-state index contributed by atoms with van der Waals surface area (Å²) in [5.74, 6) is 1.84. The summed E-state index contributed by atoms with van der Waals surface area (Å²) in [7, 11) is 0. The second-order valence-corrected chi connectivity index (χ2v) is 12.4. The van der Waals surface area contributed by atoms with Gasteiger partial charge in [-0.1, -0.05) is 121 Å². The zero-order valence-electron chi connectivity index (χ0n) is 26.7. The summed E-state index contributed by atoms with van der Waals surface area (Å²) in [6, 6.07) is 55.8. The van der Waals surface area contributed by atoms with Crippen molar-refractivity contribution in [1.29, 1.82) is 0 Å². The number of hydrogen-bond donors (Lipinski definition) is 0. The maximum Gasteiger partial charge on any atom is 0.164 e. The summed E-state index contributed by atoms with van der Waals surface area (Å²) in [6.45, 7) is 0. The molecule has 0 unspecified atom stereocenters. The molecule has 0 spiro atoms. The molecule has 0 N–H and O–H groups in total. The van der Waals surface area contributed by atoms with Crippen LogP contribution in [0, 0.1) is 0 Å². The number of benzene rings is 7. The van der Waals surface area contributed by atoms with E-state index in [4.69, 9.17) is 23.8 Å². The van der Waals surface area contributed by atoms with Crippen molar-refractivity contribution in [1.82, 2.24) is 15.0 Å². The fraction of sp³-hybridized carbons (Fsp3) is 0. The highest BCUT2D eigenvalue weighted by molar-refractivity contribution is 6.12. The SMILES string of the molecule is c1ccc(-c2nc(-c3ccccc3)nc(-c3ccc4c(c3)oc3cc(-c5cc(-c6ccccc6)c6oc7ccccc7c6c5)ccc34)n2)cc1. The molecule has 3 aromatic heterocycles. The molecule has 0 radical (unpaired) electrons. The molecule has 0 atom stereocenters. The van der Waals surface area contributed by atoms with Crippen LogP contribution in [0.1, 0.15) is 0 Å². The largest absolute Gasteiger partial charge is 0.456 e. The Labute approximate surface area is 287 Å². The molecule has 3 heterocycles. The average Bonchev–Trinajstić information content (AvgIpc) is 3.76. The van der Waals surface area contributed by atoms with E-state index >= 15 is 0 Å². The van der Waals surface area contributed by atoms with E-state index in [-0.39, 0.29) is 0 Å². The molecule has 10 aromatic rings. The molecule has 10 rings (SSSR count). The molecular weight excluding hydrogens is 615 g/mol. The van der Waals surface area contributed by atoms with Crippen molar-refractivity contribution >= 4 is 43.9 Å². The van der Waals surface area contributed by atoms with Gasteiger partial charge in [-0.2, -0.15) is 0 Å². The Kier molecular flexibility index (Phi) is 6.42. The predicted molar refractivity (Wildman–Crippen MR) is 202 cm³/mol. The minimum Gasteiger partial charge on any atom is -0.456 e. The van der Waals surface area contributed by atoms with Crippen LogP contribution in [0.4, 0.5) is 0 Å². The lowest BCUT2D eigenvalue weighted by molar-refractivity contribution is 0.669. The van der Waals surface area contributed by atoms with Gasteiger partial charge in [-0.3, -0.25) is 0 Å². The molecule has 7 aromatic carbocycles. The molecule has 0 amide bonds. The minimum atomic E-state index is 0.592. The van der Waals surface area contributed by atoms with Gasteiger partial charge in [0.1, 0.15) is 22.3 Å². The first-order valence-corrected chi connectivity index (χ1v) is 16.6. The minimum absolute atomic E-state index is 0.592. The van der Waals surface area contributed by atoms with Crippen LogP contribution in [0.2, 0.25) is 0 Å². The van der Waals surface area contributed by atoms with Crippen LogP contribution in [0.5, 0.6) is 0 Å². The maximum atomic E-state index is 6.57. The van der Waals surface area contributed by atoms with Gasteiger partial charge in [0.25, 0.3) is 0 Å². The molecule has 0 aliphatic heterocycles. The van der Waals surface area contributed by atoms with Crippen LogP contribution in [-0.2, 0) is 0 Å². The summed E-state index contributed by atoms with van der Waals surface area (Å²) >= 11 is 0. The molecule has 0 bridgehead atoms. The molecule has 50 heavy (non-hydrogen) atoms. The van der Waals surface area contributed by atoms with Crippen LogP contribution in [0.15, 0.2) is 173 Å². The second-order valence-electron chi connectivity index (χ2n) is 12.4. The van der Waals surface area contributed by atoms with E-state index in [0.29, 0.717) is 17.5 Å². The van der Waals surface area contributed by atoms with Crippen molar-refractivity contribution in [3.8, 4) is 56.4 Å². The van der Waals surface area contributed by atoms with Crippen LogP contribution in [0.3, 0.4) is 0 Å². The summed E-state index contributed by atoms with van der Waals surface area (Å²) in [6.07, 6.45) is 0. The van der Waals surface area contributed by atoms with Crippen molar-refractivity contribution < 1.29 is 8.83 Å². The number of furan rings is 2. The Balaban J connectivity index is 1.10. The maximum absolute atomic E-state index is 6.57. The van der Waals surface area contributed by atoms with E-state index in [1.807, 2.05) is 84.9 Å². The van der Waals surface area contributed by atoms with Gasteiger partial charge in [0.2, 0.25) is 0 Å². The zero-order chi connectivity index (χ0) is 33.0. The number of aromatic nitrogens is 3. The van der Waals surface area contributed by atoms with Gasteiger partial charge in [0.15, 0.2) is 17.5 Å². The summed E-state index contributed by atoms with van der Waals surface area (Å²) in [5, 5.41) is 4.28. The smallest absolute Gasteiger partial charge is 0.164 e. The Hall–Kier alpha value is -6.85. The second kappa shape index (κ2) is 11.4. The van der Waals surface area contributed by atoms with Crippen LogP contribution < -0.4 is 0 Å². The Morgan fingerprint density at radius 1 is 0.300 bits per heavy atom. The molecule has 0 saturated heterocycles. The van der Waals surface area contributed by atoms with Crippen molar-refractivity contribution in [3.05, 3.63) is 164 Å². The van der Waals surface area contributed by atoms with Crippen LogP contribution in [0.25, 0.3) is 100 Å². The average molecular weight is 642 g/mol. The van der Waals surface area contributed by atoms with Gasteiger partial charge in [-0.05, 0) is 59.2 Å². The first-order chi connectivity index (χ1) is 24.7. The molecule has 5 nitrogen and oxygen atoms in total. The molecule has 5 heteroatoms. The van der Waals surface area contributed by atoms with E-state index in [9.17, 15) is 0 Å². The van der Waals surface area contributed by atoms with Crippen molar-refractivity contribution in [2.24, 2.45) is 0 Å². The normalized spacial score (nSPS) is 11.6. The Bertz CT molecular complexity index is 2800. The quantitative estimate of drug-likeness (QED) is 0.187. The highest BCUT2D eigenvalue weighted by Crippen LogP contribution is 2.41. The van der Waals surface area contributed by atoms with E-state index in [0.717, 1.165) is 82.8 Å². The van der Waals surface area contributed by atoms with Crippen LogP contribution >= 0.6 is 0 Å². The number of hydrogen-bond acceptors (Lipinski definition) is 5. The first-order valence-electron chi connectivity index (χ1n) is 16.6. The molecule has 234 valence electrons. The fourth-order valence-electron chi connectivity index (χ4n) is 6.86. The van der Waals surface area contributed by atoms with Gasteiger partial charge in [0, 0.05) is 43.8 Å². The highest BCUT2D eigenvalue weighted by atomic mass is 16.3. The van der Waals surface area contributed by atoms with Gasteiger partial charge < -0.3 is 8.83 Å². The number of nitrogens with zero attached hydrogens (tertiary/aromatic N) is 3. The van der Waals surface area contributed by atoms with Gasteiger partial charge >= 0.3 is 0 Å². The third-order valence-electron chi connectivity index (χ3n) is 9.33. The van der Waals surface area contributed by atoms with Crippen LogP contribution in [-0.4, -0.2) is 15.0 Å². The summed E-state index contributed by atoms with van der Waals surface area (Å²) in [5.41, 5.74) is 10.4.